The summed E-state index contributed by atoms with van der Waals surface area (Å²) in [7, 11) is 1.37. The number of alkyl halides is 2. The van der Waals surface area contributed by atoms with Crippen LogP contribution in [0.3, 0.4) is 0 Å². The summed E-state index contributed by atoms with van der Waals surface area (Å²) in [5.74, 6) is -5.10. The number of piperazine rings is 1. The SMILES string of the molecule is CCNC(=O)c1nnc(-c2cc(C(C)C)c(O)cc2O)n1-c1ccc(C(=O)N2CCN(c3ccc(OC(=O)Nc4ccn([C@H]5O[C@@H](CO)[C@H](O)C5(F)F)c(=O)n4)c(OC)c3)CC2)cc1. The first-order valence-electron chi connectivity index (χ1n) is 20.1. The minimum absolute atomic E-state index is 0.00858. The second-order valence-electron chi connectivity index (χ2n) is 15.1. The number of nitrogens with one attached hydrogen (secondary N) is 2. The van der Waals surface area contributed by atoms with Crippen molar-refractivity contribution in [2.24, 2.45) is 0 Å². The number of methoxy groups -OCH3 is 1. The van der Waals surface area contributed by atoms with Crippen molar-refractivity contribution in [2.75, 3.05) is 56.7 Å². The highest BCUT2D eigenvalue weighted by Gasteiger charge is 2.59. The number of aliphatic hydroxyl groups excluding tert-OH is 2. The highest BCUT2D eigenvalue weighted by atomic mass is 19.3. The van der Waals surface area contributed by atoms with E-state index in [-0.39, 0.29) is 57.9 Å². The Morgan fingerprint density at radius 1 is 0.953 bits per heavy atom. The summed E-state index contributed by atoms with van der Waals surface area (Å²) in [5, 5.41) is 53.6. The van der Waals surface area contributed by atoms with E-state index in [0.29, 0.717) is 59.8 Å². The number of amides is 3. The van der Waals surface area contributed by atoms with E-state index in [0.717, 1.165) is 12.3 Å². The van der Waals surface area contributed by atoms with Gasteiger partial charge in [0.2, 0.25) is 12.1 Å². The Bertz CT molecular complexity index is 2610. The van der Waals surface area contributed by atoms with Crippen LogP contribution in [-0.4, -0.2) is 132 Å². The number of ether oxygens (including phenoxy) is 3. The molecule has 2 fully saturated rings. The predicted octanol–water partition coefficient (Wildman–Crippen LogP) is 3.24. The van der Waals surface area contributed by atoms with Gasteiger partial charge in [0.25, 0.3) is 11.8 Å². The summed E-state index contributed by atoms with van der Waals surface area (Å²) in [6.45, 7) is 6.56. The van der Waals surface area contributed by atoms with Gasteiger partial charge < -0.3 is 49.8 Å². The standard InChI is InChI=1S/C42H45F2N9O11/c1-5-45-37(58)36-49-48-35(27-19-26(22(2)3)28(55)20-29(27)56)53(36)24-8-6-23(7-9-24)38(59)51-16-14-50(15-17-51)25-10-11-30(31(18-25)62-4)64-41(61)47-33-12-13-52(40(60)46-33)39-42(43,44)34(57)32(21-54)63-39/h6-13,18-20,22,32,34,39,54-57H,5,14-17,21H2,1-4H3,(H,45,58)(H,46,47,60,61)/t32-,34-,39-/m0/s1. The normalized spacial score (nSPS) is 18.2. The molecule has 3 atom stereocenters. The van der Waals surface area contributed by atoms with Crippen molar-refractivity contribution in [2.45, 2.75) is 51.0 Å². The monoisotopic (exact) mass is 889 g/mol. The molecular weight excluding hydrogens is 845 g/mol. The Kier molecular flexibility index (Phi) is 12.8. The molecule has 7 rings (SSSR count). The zero-order chi connectivity index (χ0) is 46.0. The van der Waals surface area contributed by atoms with Gasteiger partial charge in [-0.15, -0.1) is 10.2 Å². The van der Waals surface area contributed by atoms with Crippen LogP contribution in [0.25, 0.3) is 17.1 Å². The zero-order valence-corrected chi connectivity index (χ0v) is 34.9. The number of hydrogen-bond acceptors (Lipinski definition) is 15. The molecule has 3 amide bonds. The lowest BCUT2D eigenvalue weighted by Gasteiger charge is -2.36. The second kappa shape index (κ2) is 18.3. The molecule has 0 bridgehead atoms. The molecule has 4 heterocycles. The van der Waals surface area contributed by atoms with E-state index in [1.54, 1.807) is 54.3 Å². The number of anilines is 2. The third-order valence-corrected chi connectivity index (χ3v) is 10.7. The molecule has 0 unspecified atom stereocenters. The van der Waals surface area contributed by atoms with Gasteiger partial charge in [-0.05, 0) is 66.9 Å². The van der Waals surface area contributed by atoms with Gasteiger partial charge in [-0.2, -0.15) is 13.8 Å². The van der Waals surface area contributed by atoms with Gasteiger partial charge in [-0.3, -0.25) is 24.0 Å². The number of nitrogens with zero attached hydrogens (tertiary/aromatic N) is 7. The molecule has 22 heteroatoms. The van der Waals surface area contributed by atoms with Crippen LogP contribution in [0.5, 0.6) is 23.0 Å². The number of phenols is 2. The Morgan fingerprint density at radius 2 is 1.66 bits per heavy atom. The van der Waals surface area contributed by atoms with Crippen LogP contribution in [0.4, 0.5) is 25.1 Å². The lowest BCUT2D eigenvalue weighted by Crippen LogP contribution is -2.48. The van der Waals surface area contributed by atoms with Crippen molar-refractivity contribution < 1.29 is 57.8 Å². The molecule has 2 aliphatic heterocycles. The van der Waals surface area contributed by atoms with Gasteiger partial charge in [-0.1, -0.05) is 13.8 Å². The molecule has 6 N–H and O–H groups in total. The van der Waals surface area contributed by atoms with Crippen molar-refractivity contribution >= 4 is 29.4 Å². The highest BCUT2D eigenvalue weighted by molar-refractivity contribution is 5.95. The average Bonchev–Trinajstić information content (AvgIpc) is 3.81. The first-order chi connectivity index (χ1) is 30.6. The summed E-state index contributed by atoms with van der Waals surface area (Å²) >= 11 is 0. The number of carbonyl (C=O) groups is 3. The lowest BCUT2D eigenvalue weighted by molar-refractivity contribution is -0.140. The van der Waals surface area contributed by atoms with Crippen LogP contribution in [-0.2, 0) is 4.74 Å². The van der Waals surface area contributed by atoms with E-state index in [4.69, 9.17) is 14.2 Å². The van der Waals surface area contributed by atoms with Crippen molar-refractivity contribution in [3.63, 3.8) is 0 Å². The van der Waals surface area contributed by atoms with E-state index in [9.17, 15) is 48.4 Å². The third-order valence-electron chi connectivity index (χ3n) is 10.7. The van der Waals surface area contributed by atoms with Crippen LogP contribution in [0.2, 0.25) is 0 Å². The number of benzene rings is 3. The largest absolute Gasteiger partial charge is 0.508 e. The maximum atomic E-state index is 14.6. The van der Waals surface area contributed by atoms with Crippen molar-refractivity contribution in [1.82, 2.24) is 34.5 Å². The molecule has 20 nitrogen and oxygen atoms in total. The Balaban J connectivity index is 0.991. The molecule has 64 heavy (non-hydrogen) atoms. The van der Waals surface area contributed by atoms with E-state index < -0.39 is 48.7 Å². The fourth-order valence-corrected chi connectivity index (χ4v) is 7.38. The fourth-order valence-electron chi connectivity index (χ4n) is 7.38. The number of carbonyl (C=O) groups excluding carboxylic acids is 3. The van der Waals surface area contributed by atoms with E-state index in [1.807, 2.05) is 18.7 Å². The minimum atomic E-state index is -3.91. The van der Waals surface area contributed by atoms with Crippen LogP contribution in [0.15, 0.2) is 71.7 Å². The number of aliphatic hydroxyl groups is 2. The van der Waals surface area contributed by atoms with Crippen molar-refractivity contribution in [1.29, 1.82) is 0 Å². The van der Waals surface area contributed by atoms with Crippen molar-refractivity contribution in [3.8, 4) is 40.1 Å². The van der Waals surface area contributed by atoms with Gasteiger partial charge in [0.05, 0.1) is 19.3 Å². The fraction of sp³-hybridized carbons (Fsp3) is 0.357. The Hall–Kier alpha value is -7.17. The summed E-state index contributed by atoms with van der Waals surface area (Å²) in [6, 6.07) is 15.3. The van der Waals surface area contributed by atoms with Crippen LogP contribution in [0.1, 0.15) is 59.5 Å². The minimum Gasteiger partial charge on any atom is -0.508 e. The van der Waals surface area contributed by atoms with Gasteiger partial charge in [0.1, 0.15) is 23.4 Å². The van der Waals surface area contributed by atoms with Gasteiger partial charge in [0, 0.05) is 68.0 Å². The Morgan fingerprint density at radius 3 is 2.28 bits per heavy atom. The van der Waals surface area contributed by atoms with Crippen LogP contribution >= 0.6 is 0 Å². The summed E-state index contributed by atoms with van der Waals surface area (Å²) < 4.78 is 46.8. The second-order valence-corrected chi connectivity index (χ2v) is 15.1. The number of hydrogen-bond donors (Lipinski definition) is 6. The van der Waals surface area contributed by atoms with Gasteiger partial charge >= 0.3 is 17.7 Å². The topological polar surface area (TPSA) is 256 Å². The van der Waals surface area contributed by atoms with E-state index in [2.05, 4.69) is 25.8 Å². The molecule has 3 aromatic carbocycles. The van der Waals surface area contributed by atoms with E-state index >= 15 is 0 Å². The number of rotatable bonds is 12. The van der Waals surface area contributed by atoms with Crippen molar-refractivity contribution in [3.05, 3.63) is 94.3 Å². The molecule has 0 saturated carbocycles. The lowest BCUT2D eigenvalue weighted by atomic mass is 9.98. The molecule has 2 saturated heterocycles. The number of halogens is 2. The highest BCUT2D eigenvalue weighted by Crippen LogP contribution is 2.42. The molecule has 0 spiro atoms. The molecule has 5 aromatic rings. The summed E-state index contributed by atoms with van der Waals surface area (Å²) in [5.41, 5.74) is 1.13. The van der Waals surface area contributed by atoms with Crippen LogP contribution < -0.4 is 30.7 Å². The average molecular weight is 890 g/mol. The first-order valence-corrected chi connectivity index (χ1v) is 20.1. The first kappa shape index (κ1) is 44.9. The molecule has 2 aromatic heterocycles. The Labute approximate surface area is 363 Å². The molecule has 2 aliphatic rings. The number of aromatic hydroxyl groups is 2. The van der Waals surface area contributed by atoms with Gasteiger partial charge in [-0.25, -0.2) is 9.59 Å². The maximum Gasteiger partial charge on any atom is 0.418 e. The third kappa shape index (κ3) is 8.74. The summed E-state index contributed by atoms with van der Waals surface area (Å²) in [4.78, 5) is 59.5. The maximum absolute atomic E-state index is 14.6. The predicted molar refractivity (Wildman–Crippen MR) is 223 cm³/mol. The molecule has 0 radical (unpaired) electrons. The smallest absolute Gasteiger partial charge is 0.418 e. The molecular formula is C42H45F2N9O11. The number of aromatic nitrogens is 5. The van der Waals surface area contributed by atoms with Gasteiger partial charge in [0.15, 0.2) is 23.4 Å². The van der Waals surface area contributed by atoms with Crippen LogP contribution in [0, 0.1) is 0 Å². The quantitative estimate of drug-likeness (QED) is 0.105. The molecule has 338 valence electrons. The number of phenolic OH excluding ortho intramolecular Hbond substituents is 2. The van der Waals surface area contributed by atoms with E-state index in [1.165, 1.54) is 23.8 Å². The molecule has 0 aliphatic carbocycles. The summed E-state index contributed by atoms with van der Waals surface area (Å²) in [6.07, 6.45) is -6.39. The zero-order valence-electron chi connectivity index (χ0n) is 34.9.